The standard InChI is InChI=1S/C30H33ClN2O6/c1-35-27-16-21(17-28-30(27)38-15-7-14-37-28)19-33-12-5-2-6-13-36-25-8-3-4-9-26(25)39-24-11-10-22(31)18-23(24)32-29(34)20-33/h3-4,8-11,16-18H,2,5-7,12-15,19-20H2,1H3,(H,32,34). The second-order valence-corrected chi connectivity index (χ2v) is 9.97. The number of carbonyl (C=O) groups excluding carboxylic acids is 1. The Balaban J connectivity index is 1.38. The molecule has 0 unspecified atom stereocenters. The van der Waals surface area contributed by atoms with Gasteiger partial charge >= 0.3 is 0 Å². The van der Waals surface area contributed by atoms with Gasteiger partial charge in [-0.3, -0.25) is 9.69 Å². The first-order valence-electron chi connectivity index (χ1n) is 13.3. The van der Waals surface area contributed by atoms with E-state index in [4.69, 9.17) is 35.3 Å². The largest absolute Gasteiger partial charge is 0.493 e. The zero-order chi connectivity index (χ0) is 27.0. The molecule has 0 spiro atoms. The Bertz CT molecular complexity index is 1300. The van der Waals surface area contributed by atoms with E-state index in [1.165, 1.54) is 0 Å². The summed E-state index contributed by atoms with van der Waals surface area (Å²) in [7, 11) is 1.62. The van der Waals surface area contributed by atoms with Crippen molar-refractivity contribution in [3.8, 4) is 34.5 Å². The molecule has 0 radical (unpaired) electrons. The number of nitrogens with one attached hydrogen (secondary N) is 1. The molecule has 39 heavy (non-hydrogen) atoms. The van der Waals surface area contributed by atoms with E-state index in [9.17, 15) is 4.79 Å². The third kappa shape index (κ3) is 7.07. The zero-order valence-corrected chi connectivity index (χ0v) is 22.8. The van der Waals surface area contributed by atoms with E-state index >= 15 is 0 Å². The molecule has 2 heterocycles. The van der Waals surface area contributed by atoms with Crippen LogP contribution in [0.5, 0.6) is 34.5 Å². The molecule has 0 atom stereocenters. The highest BCUT2D eigenvalue weighted by Crippen LogP contribution is 2.40. The summed E-state index contributed by atoms with van der Waals surface area (Å²) in [5, 5.41) is 3.49. The normalized spacial score (nSPS) is 16.6. The van der Waals surface area contributed by atoms with Gasteiger partial charge in [0.2, 0.25) is 11.7 Å². The summed E-state index contributed by atoms with van der Waals surface area (Å²) in [6.45, 7) is 3.21. The summed E-state index contributed by atoms with van der Waals surface area (Å²) in [6, 6.07) is 16.6. The van der Waals surface area contributed by atoms with E-state index in [0.717, 1.165) is 37.8 Å². The third-order valence-corrected chi connectivity index (χ3v) is 6.76. The molecule has 0 saturated carbocycles. The molecular weight excluding hydrogens is 520 g/mol. The van der Waals surface area contributed by atoms with Gasteiger partial charge < -0.3 is 29.0 Å². The third-order valence-electron chi connectivity index (χ3n) is 6.53. The molecule has 8 nitrogen and oxygen atoms in total. The van der Waals surface area contributed by atoms with E-state index < -0.39 is 0 Å². The number of para-hydroxylation sites is 2. The first-order valence-corrected chi connectivity index (χ1v) is 13.6. The maximum Gasteiger partial charge on any atom is 0.238 e. The molecule has 2 aliphatic heterocycles. The van der Waals surface area contributed by atoms with Gasteiger partial charge in [-0.05, 0) is 73.8 Å². The summed E-state index contributed by atoms with van der Waals surface area (Å²) < 4.78 is 29.6. The van der Waals surface area contributed by atoms with Crippen LogP contribution < -0.4 is 29.0 Å². The summed E-state index contributed by atoms with van der Waals surface area (Å²) in [6.07, 6.45) is 3.57. The maximum atomic E-state index is 13.3. The fraction of sp³-hybridized carbons (Fsp3) is 0.367. The van der Waals surface area contributed by atoms with Crippen molar-refractivity contribution in [2.24, 2.45) is 0 Å². The van der Waals surface area contributed by atoms with Crippen molar-refractivity contribution in [3.63, 3.8) is 0 Å². The SMILES string of the molecule is COc1cc(CN2CCCCCOc3ccccc3Oc3ccc(Cl)cc3NC(=O)C2)cc2c1OCCCO2. The lowest BCUT2D eigenvalue weighted by Gasteiger charge is -2.23. The van der Waals surface area contributed by atoms with Crippen molar-refractivity contribution < 1.29 is 28.5 Å². The number of rotatable bonds is 3. The lowest BCUT2D eigenvalue weighted by Crippen LogP contribution is -2.33. The monoisotopic (exact) mass is 552 g/mol. The Morgan fingerprint density at radius 3 is 2.54 bits per heavy atom. The highest BCUT2D eigenvalue weighted by atomic mass is 35.5. The van der Waals surface area contributed by atoms with Gasteiger partial charge in [0.15, 0.2) is 28.7 Å². The van der Waals surface area contributed by atoms with Crippen molar-refractivity contribution in [2.75, 3.05) is 45.3 Å². The molecule has 9 heteroatoms. The molecule has 3 aromatic rings. The molecular formula is C30H33ClN2O6. The highest BCUT2D eigenvalue weighted by Gasteiger charge is 2.20. The number of carbonyl (C=O) groups is 1. The lowest BCUT2D eigenvalue weighted by atomic mass is 10.1. The number of fused-ring (bicyclic) bond motifs is 3. The van der Waals surface area contributed by atoms with Gasteiger partial charge in [0.1, 0.15) is 0 Å². The average Bonchev–Trinajstić information content (AvgIpc) is 3.17. The minimum Gasteiger partial charge on any atom is -0.493 e. The number of ether oxygens (including phenoxy) is 5. The summed E-state index contributed by atoms with van der Waals surface area (Å²) in [5.41, 5.74) is 1.47. The number of amides is 1. The molecule has 0 saturated heterocycles. The quantitative estimate of drug-likeness (QED) is 0.408. The van der Waals surface area contributed by atoms with Crippen LogP contribution in [-0.2, 0) is 11.3 Å². The minimum absolute atomic E-state index is 0.164. The summed E-state index contributed by atoms with van der Waals surface area (Å²) >= 11 is 6.28. The van der Waals surface area contributed by atoms with Crippen molar-refractivity contribution in [1.82, 2.24) is 4.90 Å². The number of nitrogens with zero attached hydrogens (tertiary/aromatic N) is 1. The number of methoxy groups -OCH3 is 1. The minimum atomic E-state index is -0.164. The van der Waals surface area contributed by atoms with Gasteiger partial charge in [0.05, 0.1) is 39.2 Å². The molecule has 1 amide bonds. The summed E-state index contributed by atoms with van der Waals surface area (Å²) in [5.74, 6) is 3.48. The van der Waals surface area contributed by atoms with Crippen LogP contribution in [0.1, 0.15) is 31.2 Å². The van der Waals surface area contributed by atoms with Crippen LogP contribution >= 0.6 is 11.6 Å². The lowest BCUT2D eigenvalue weighted by molar-refractivity contribution is -0.117. The summed E-state index contributed by atoms with van der Waals surface area (Å²) in [4.78, 5) is 15.4. The van der Waals surface area contributed by atoms with Gasteiger partial charge in [-0.2, -0.15) is 0 Å². The molecule has 0 aliphatic carbocycles. The van der Waals surface area contributed by atoms with Crippen LogP contribution in [0.4, 0.5) is 5.69 Å². The molecule has 1 N–H and O–H groups in total. The van der Waals surface area contributed by atoms with Crippen molar-refractivity contribution >= 4 is 23.2 Å². The van der Waals surface area contributed by atoms with Crippen molar-refractivity contribution in [3.05, 3.63) is 65.2 Å². The number of halogens is 1. The van der Waals surface area contributed by atoms with E-state index in [1.54, 1.807) is 25.3 Å². The molecule has 2 aliphatic rings. The van der Waals surface area contributed by atoms with Gasteiger partial charge in [-0.25, -0.2) is 0 Å². The van der Waals surface area contributed by atoms with E-state index in [0.29, 0.717) is 71.6 Å². The second-order valence-electron chi connectivity index (χ2n) is 9.53. The molecule has 3 aromatic carbocycles. The second kappa shape index (κ2) is 13.0. The van der Waals surface area contributed by atoms with Gasteiger partial charge in [-0.1, -0.05) is 23.7 Å². The highest BCUT2D eigenvalue weighted by molar-refractivity contribution is 6.31. The number of benzene rings is 3. The number of anilines is 1. The first kappa shape index (κ1) is 27.0. The van der Waals surface area contributed by atoms with Crippen LogP contribution in [0.25, 0.3) is 0 Å². The molecule has 206 valence electrons. The predicted molar refractivity (Wildman–Crippen MR) is 150 cm³/mol. The predicted octanol–water partition coefficient (Wildman–Crippen LogP) is 6.31. The Morgan fingerprint density at radius 1 is 0.872 bits per heavy atom. The average molecular weight is 553 g/mol. The Labute approximate surface area is 233 Å². The zero-order valence-electron chi connectivity index (χ0n) is 22.0. The molecule has 0 bridgehead atoms. The van der Waals surface area contributed by atoms with E-state index in [2.05, 4.69) is 10.2 Å². The fourth-order valence-corrected chi connectivity index (χ4v) is 4.83. The van der Waals surface area contributed by atoms with E-state index in [-0.39, 0.29) is 12.5 Å². The molecule has 0 fully saturated rings. The van der Waals surface area contributed by atoms with Crippen LogP contribution in [-0.4, -0.2) is 50.8 Å². The fourth-order valence-electron chi connectivity index (χ4n) is 4.66. The molecule has 5 rings (SSSR count). The smallest absolute Gasteiger partial charge is 0.238 e. The van der Waals surface area contributed by atoms with Crippen molar-refractivity contribution in [1.29, 1.82) is 0 Å². The molecule has 0 aromatic heterocycles. The number of hydrogen-bond donors (Lipinski definition) is 1. The Morgan fingerprint density at radius 2 is 1.67 bits per heavy atom. The van der Waals surface area contributed by atoms with Crippen LogP contribution in [0, 0.1) is 0 Å². The van der Waals surface area contributed by atoms with E-state index in [1.807, 2.05) is 36.4 Å². The van der Waals surface area contributed by atoms with Crippen LogP contribution in [0.2, 0.25) is 5.02 Å². The van der Waals surface area contributed by atoms with Gasteiger partial charge in [0, 0.05) is 18.0 Å². The number of hydrogen-bond acceptors (Lipinski definition) is 7. The van der Waals surface area contributed by atoms with Crippen LogP contribution in [0.15, 0.2) is 54.6 Å². The van der Waals surface area contributed by atoms with Gasteiger partial charge in [0.25, 0.3) is 0 Å². The maximum absolute atomic E-state index is 13.3. The Kier molecular flexibility index (Phi) is 8.96. The first-order chi connectivity index (χ1) is 19.1. The Hall–Kier alpha value is -3.62. The topological polar surface area (TPSA) is 78.5 Å². The van der Waals surface area contributed by atoms with Crippen molar-refractivity contribution in [2.45, 2.75) is 32.2 Å². The van der Waals surface area contributed by atoms with Gasteiger partial charge in [-0.15, -0.1) is 0 Å². The van der Waals surface area contributed by atoms with Crippen LogP contribution in [0.3, 0.4) is 0 Å².